The van der Waals surface area contributed by atoms with Gasteiger partial charge < -0.3 is 18.9 Å². The van der Waals surface area contributed by atoms with E-state index in [1.54, 1.807) is 36.4 Å². The van der Waals surface area contributed by atoms with Crippen molar-refractivity contribution in [3.63, 3.8) is 0 Å². The van der Waals surface area contributed by atoms with Crippen LogP contribution < -0.4 is 14.2 Å². The molecule has 0 unspecified atom stereocenters. The molecule has 0 N–H and O–H groups in total. The summed E-state index contributed by atoms with van der Waals surface area (Å²) < 4.78 is 22.0. The second kappa shape index (κ2) is 6.43. The van der Waals surface area contributed by atoms with Crippen molar-refractivity contribution in [2.45, 2.75) is 13.5 Å². The van der Waals surface area contributed by atoms with Gasteiger partial charge in [0.2, 0.25) is 5.78 Å². The zero-order valence-corrected chi connectivity index (χ0v) is 14.3. The molecule has 0 spiro atoms. The first-order chi connectivity index (χ1) is 12.2. The predicted octanol–water partition coefficient (Wildman–Crippen LogP) is 4.22. The van der Waals surface area contributed by atoms with Crippen LogP contribution in [0.5, 0.6) is 17.2 Å². The van der Waals surface area contributed by atoms with Crippen LogP contribution in [0.1, 0.15) is 28.4 Å². The minimum Gasteiger partial charge on any atom is -0.494 e. The summed E-state index contributed by atoms with van der Waals surface area (Å²) in [5.74, 6) is 1.85. The van der Waals surface area contributed by atoms with Crippen LogP contribution in [-0.4, -0.2) is 19.2 Å². The molecule has 0 saturated carbocycles. The quantitative estimate of drug-likeness (QED) is 0.769. The monoisotopic (exact) mass is 358 g/mol. The van der Waals surface area contributed by atoms with E-state index < -0.39 is 0 Å². The van der Waals surface area contributed by atoms with Gasteiger partial charge in [-0.2, -0.15) is 0 Å². The number of fused-ring (bicyclic) bond motifs is 2. The van der Waals surface area contributed by atoms with Gasteiger partial charge in [-0.05, 0) is 37.3 Å². The molecule has 2 aliphatic heterocycles. The van der Waals surface area contributed by atoms with E-state index >= 15 is 0 Å². The number of ether oxygens (including phenoxy) is 4. The molecule has 0 amide bonds. The summed E-state index contributed by atoms with van der Waals surface area (Å²) in [7, 11) is 0. The molecule has 4 rings (SSSR count). The molecule has 2 heterocycles. The Balaban J connectivity index is 1.71. The van der Waals surface area contributed by atoms with E-state index in [1.807, 2.05) is 6.92 Å². The number of Topliss-reactive ketones (excluding diaryl/α,β-unsaturated/α-hetero) is 1. The van der Waals surface area contributed by atoms with Gasteiger partial charge in [-0.3, -0.25) is 4.79 Å². The predicted molar refractivity (Wildman–Crippen MR) is 92.3 cm³/mol. The topological polar surface area (TPSA) is 54.0 Å². The minimum atomic E-state index is -0.182. The Bertz CT molecular complexity index is 888. The van der Waals surface area contributed by atoms with E-state index in [0.29, 0.717) is 46.6 Å². The Morgan fingerprint density at radius 1 is 1.28 bits per heavy atom. The Hall–Kier alpha value is -2.50. The van der Waals surface area contributed by atoms with Gasteiger partial charge in [0.15, 0.2) is 12.6 Å². The molecule has 0 radical (unpaired) electrons. The fourth-order valence-electron chi connectivity index (χ4n) is 2.88. The molecule has 2 aliphatic rings. The van der Waals surface area contributed by atoms with E-state index in [2.05, 4.69) is 0 Å². The van der Waals surface area contributed by atoms with Crippen LogP contribution in [0, 0.1) is 0 Å². The van der Waals surface area contributed by atoms with Gasteiger partial charge >= 0.3 is 0 Å². The third-order valence-corrected chi connectivity index (χ3v) is 4.16. The molecule has 128 valence electrons. The van der Waals surface area contributed by atoms with Crippen LogP contribution in [0.3, 0.4) is 0 Å². The first-order valence-corrected chi connectivity index (χ1v) is 8.27. The Labute approximate surface area is 149 Å². The number of allylic oxidation sites excluding steroid dienone is 1. The third-order valence-electron chi connectivity index (χ3n) is 3.94. The molecular weight excluding hydrogens is 344 g/mol. The van der Waals surface area contributed by atoms with Crippen molar-refractivity contribution in [3.8, 4) is 17.2 Å². The normalized spacial score (nSPS) is 16.9. The van der Waals surface area contributed by atoms with E-state index in [-0.39, 0.29) is 18.3 Å². The van der Waals surface area contributed by atoms with Crippen LogP contribution >= 0.6 is 11.6 Å². The van der Waals surface area contributed by atoms with E-state index in [4.69, 9.17) is 30.5 Å². The van der Waals surface area contributed by atoms with Crippen LogP contribution in [0.2, 0.25) is 5.02 Å². The number of hydrogen-bond acceptors (Lipinski definition) is 5. The van der Waals surface area contributed by atoms with Crippen molar-refractivity contribution < 1.29 is 23.7 Å². The molecule has 0 fully saturated rings. The number of benzene rings is 2. The van der Waals surface area contributed by atoms with Crippen LogP contribution in [0.15, 0.2) is 36.1 Å². The molecule has 0 aliphatic carbocycles. The van der Waals surface area contributed by atoms with Gasteiger partial charge in [-0.15, -0.1) is 0 Å². The zero-order valence-electron chi connectivity index (χ0n) is 13.5. The maximum absolute atomic E-state index is 12.6. The molecule has 0 atom stereocenters. The van der Waals surface area contributed by atoms with Crippen molar-refractivity contribution in [2.24, 2.45) is 0 Å². The van der Waals surface area contributed by atoms with Gasteiger partial charge in [-0.25, -0.2) is 0 Å². The lowest BCUT2D eigenvalue weighted by Crippen LogP contribution is -2.12. The summed E-state index contributed by atoms with van der Waals surface area (Å²) in [4.78, 5) is 12.6. The highest BCUT2D eigenvalue weighted by Crippen LogP contribution is 2.37. The molecule has 0 bridgehead atoms. The molecule has 0 saturated heterocycles. The largest absolute Gasteiger partial charge is 0.494 e. The smallest absolute Gasteiger partial charge is 0.231 e. The molecule has 5 nitrogen and oxygen atoms in total. The standard InChI is InChI=1S/C19H15ClO5/c1-2-23-14-3-4-15-16(8-14)25-17(18(15)21)7-11-5-13(20)6-12-9-22-10-24-19(11)12/h3-8H,2,9-10H2,1H3/b17-7-. The van der Waals surface area contributed by atoms with E-state index in [9.17, 15) is 4.79 Å². The van der Waals surface area contributed by atoms with E-state index in [0.717, 1.165) is 5.56 Å². The maximum Gasteiger partial charge on any atom is 0.231 e. The van der Waals surface area contributed by atoms with Gasteiger partial charge in [0.05, 0.1) is 18.8 Å². The average molecular weight is 359 g/mol. The molecule has 0 aromatic heterocycles. The third kappa shape index (κ3) is 2.97. The lowest BCUT2D eigenvalue weighted by molar-refractivity contribution is -0.0165. The van der Waals surface area contributed by atoms with Gasteiger partial charge in [0.25, 0.3) is 0 Å². The number of carbonyl (C=O) groups is 1. The molecular formula is C19H15ClO5. The Morgan fingerprint density at radius 3 is 3.00 bits per heavy atom. The average Bonchev–Trinajstić information content (AvgIpc) is 2.90. The first kappa shape index (κ1) is 16.0. The summed E-state index contributed by atoms with van der Waals surface area (Å²) in [5, 5.41) is 0.543. The minimum absolute atomic E-state index is 0.164. The fourth-order valence-corrected chi connectivity index (χ4v) is 3.13. The molecule has 2 aromatic rings. The Kier molecular flexibility index (Phi) is 4.11. The lowest BCUT2D eigenvalue weighted by Gasteiger charge is -2.20. The highest BCUT2D eigenvalue weighted by atomic mass is 35.5. The van der Waals surface area contributed by atoms with Gasteiger partial charge in [-0.1, -0.05) is 11.6 Å². The summed E-state index contributed by atoms with van der Waals surface area (Å²) >= 11 is 6.17. The fraction of sp³-hybridized carbons (Fsp3) is 0.211. The van der Waals surface area contributed by atoms with E-state index in [1.165, 1.54) is 0 Å². The molecule has 25 heavy (non-hydrogen) atoms. The van der Waals surface area contributed by atoms with Crippen molar-refractivity contribution in [1.82, 2.24) is 0 Å². The highest BCUT2D eigenvalue weighted by molar-refractivity contribution is 6.31. The molecule has 6 heteroatoms. The second-order valence-corrected chi connectivity index (χ2v) is 6.06. The van der Waals surface area contributed by atoms with Crippen molar-refractivity contribution in [3.05, 3.63) is 57.8 Å². The summed E-state index contributed by atoms with van der Waals surface area (Å²) in [6.07, 6.45) is 1.65. The number of hydrogen-bond donors (Lipinski definition) is 0. The number of ketones is 1. The zero-order chi connectivity index (χ0) is 17.4. The SMILES string of the molecule is CCOc1ccc2c(c1)O/C(=C\c1cc(Cl)cc3c1OCOC3)C2=O. The highest BCUT2D eigenvalue weighted by Gasteiger charge is 2.28. The Morgan fingerprint density at radius 2 is 2.16 bits per heavy atom. The van der Waals surface area contributed by atoms with Gasteiger partial charge in [0, 0.05) is 22.2 Å². The van der Waals surface area contributed by atoms with Crippen LogP contribution in [0.25, 0.3) is 6.08 Å². The molecule has 2 aromatic carbocycles. The summed E-state index contributed by atoms with van der Waals surface area (Å²) in [6, 6.07) is 8.72. The van der Waals surface area contributed by atoms with Crippen LogP contribution in [-0.2, 0) is 11.3 Å². The van der Waals surface area contributed by atoms with Crippen LogP contribution in [0.4, 0.5) is 0 Å². The maximum atomic E-state index is 12.6. The van der Waals surface area contributed by atoms with Crippen molar-refractivity contribution >= 4 is 23.5 Å². The summed E-state index contributed by atoms with van der Waals surface area (Å²) in [6.45, 7) is 3.02. The van der Waals surface area contributed by atoms with Gasteiger partial charge in [0.1, 0.15) is 17.2 Å². The summed E-state index contributed by atoms with van der Waals surface area (Å²) in [5.41, 5.74) is 2.04. The second-order valence-electron chi connectivity index (χ2n) is 5.62. The van der Waals surface area contributed by atoms with Crippen molar-refractivity contribution in [1.29, 1.82) is 0 Å². The lowest BCUT2D eigenvalue weighted by atomic mass is 10.1. The number of halogens is 1. The number of rotatable bonds is 3. The number of carbonyl (C=O) groups excluding carboxylic acids is 1. The first-order valence-electron chi connectivity index (χ1n) is 7.90. The van der Waals surface area contributed by atoms with Crippen molar-refractivity contribution in [2.75, 3.05) is 13.4 Å².